The first-order valence-electron chi connectivity index (χ1n) is 8.02. The molecule has 0 radical (unpaired) electrons. The molecule has 2 rings (SSSR count). The van der Waals surface area contributed by atoms with E-state index in [1.54, 1.807) is 0 Å². The van der Waals surface area contributed by atoms with E-state index in [0.717, 1.165) is 24.4 Å². The maximum absolute atomic E-state index is 6.30. The highest BCUT2D eigenvalue weighted by atomic mass is 28.4. The summed E-state index contributed by atoms with van der Waals surface area (Å²) in [5.74, 6) is 0.937. The highest BCUT2D eigenvalue weighted by molar-refractivity contribution is 6.74. The second-order valence-corrected chi connectivity index (χ2v) is 13.3. The van der Waals surface area contributed by atoms with Crippen LogP contribution >= 0.6 is 0 Å². The molecular weight excluding hydrogens is 291 g/mol. The Bertz CT molecular complexity index is 496. The minimum absolute atomic E-state index is 0.0991. The zero-order chi connectivity index (χ0) is 16.6. The van der Waals surface area contributed by atoms with E-state index in [1.807, 2.05) is 24.3 Å². The minimum Gasteiger partial charge on any atom is -0.544 e. The Morgan fingerprint density at radius 1 is 1.05 bits per heavy atom. The van der Waals surface area contributed by atoms with Gasteiger partial charge in [0.25, 0.3) is 0 Å². The molecule has 1 aromatic carbocycles. The van der Waals surface area contributed by atoms with Gasteiger partial charge in [0.2, 0.25) is 8.32 Å². The second-order valence-electron chi connectivity index (χ2n) is 8.55. The van der Waals surface area contributed by atoms with Crippen molar-refractivity contribution in [1.82, 2.24) is 0 Å². The van der Waals surface area contributed by atoms with Crippen molar-refractivity contribution in [2.75, 3.05) is 13.2 Å². The van der Waals surface area contributed by atoms with Crippen LogP contribution in [-0.2, 0) is 9.31 Å². The van der Waals surface area contributed by atoms with E-state index < -0.39 is 8.32 Å². The topological polar surface area (TPSA) is 27.7 Å². The lowest BCUT2D eigenvalue weighted by molar-refractivity contribution is 0.0343. The number of hydrogen-bond donors (Lipinski definition) is 0. The van der Waals surface area contributed by atoms with Gasteiger partial charge in [-0.05, 0) is 35.7 Å². The van der Waals surface area contributed by atoms with Crippen molar-refractivity contribution in [3.63, 3.8) is 0 Å². The first-order chi connectivity index (χ1) is 10.0. The van der Waals surface area contributed by atoms with Gasteiger partial charge in [-0.1, -0.05) is 46.8 Å². The molecule has 1 aliphatic rings. The Kier molecular flexibility index (Phi) is 4.81. The molecule has 5 heteroatoms. The predicted octanol–water partition coefficient (Wildman–Crippen LogP) is 3.84. The third-order valence-electron chi connectivity index (χ3n) is 4.58. The quantitative estimate of drug-likeness (QED) is 0.792. The van der Waals surface area contributed by atoms with Crippen LogP contribution < -0.4 is 9.89 Å². The Hall–Kier alpha value is -0.778. The van der Waals surface area contributed by atoms with Gasteiger partial charge in [-0.15, -0.1) is 0 Å². The van der Waals surface area contributed by atoms with E-state index in [2.05, 4.69) is 47.7 Å². The first-order valence-corrected chi connectivity index (χ1v) is 10.9. The smallest absolute Gasteiger partial charge is 0.493 e. The Morgan fingerprint density at radius 2 is 1.55 bits per heavy atom. The third kappa shape index (κ3) is 4.15. The maximum atomic E-state index is 6.30. The SMILES string of the molecule is CC1(C)COB(c2ccc(O[Si](C)(C)C(C)(C)C)cc2)OC1. The van der Waals surface area contributed by atoms with Crippen molar-refractivity contribution in [3.05, 3.63) is 24.3 Å². The van der Waals surface area contributed by atoms with Gasteiger partial charge >= 0.3 is 7.12 Å². The summed E-state index contributed by atoms with van der Waals surface area (Å²) in [5.41, 5.74) is 1.15. The summed E-state index contributed by atoms with van der Waals surface area (Å²) in [6.07, 6.45) is 0. The summed E-state index contributed by atoms with van der Waals surface area (Å²) in [4.78, 5) is 0. The average molecular weight is 320 g/mol. The summed E-state index contributed by atoms with van der Waals surface area (Å²) < 4.78 is 17.9. The summed E-state index contributed by atoms with van der Waals surface area (Å²) in [6, 6.07) is 8.15. The highest BCUT2D eigenvalue weighted by Gasteiger charge is 2.39. The maximum Gasteiger partial charge on any atom is 0.493 e. The lowest BCUT2D eigenvalue weighted by Crippen LogP contribution is -2.47. The van der Waals surface area contributed by atoms with Gasteiger partial charge < -0.3 is 13.7 Å². The fourth-order valence-electron chi connectivity index (χ4n) is 2.03. The summed E-state index contributed by atoms with van der Waals surface area (Å²) in [5, 5.41) is 0.201. The monoisotopic (exact) mass is 320 g/mol. The molecule has 0 atom stereocenters. The van der Waals surface area contributed by atoms with Gasteiger partial charge in [-0.25, -0.2) is 0 Å². The number of rotatable bonds is 3. The van der Waals surface area contributed by atoms with E-state index in [1.165, 1.54) is 0 Å². The Balaban J connectivity index is 2.02. The number of benzene rings is 1. The molecule has 1 heterocycles. The van der Waals surface area contributed by atoms with Crippen molar-refractivity contribution in [2.24, 2.45) is 5.41 Å². The molecule has 0 N–H and O–H groups in total. The van der Waals surface area contributed by atoms with E-state index in [9.17, 15) is 0 Å². The van der Waals surface area contributed by atoms with Crippen LogP contribution in [0.3, 0.4) is 0 Å². The molecule has 3 nitrogen and oxygen atoms in total. The van der Waals surface area contributed by atoms with Crippen LogP contribution in [0.5, 0.6) is 5.75 Å². The fraction of sp³-hybridized carbons (Fsp3) is 0.647. The number of hydrogen-bond acceptors (Lipinski definition) is 3. The van der Waals surface area contributed by atoms with Gasteiger partial charge in [0, 0.05) is 18.6 Å². The fourth-order valence-corrected chi connectivity index (χ4v) is 3.06. The van der Waals surface area contributed by atoms with Gasteiger partial charge in [0.1, 0.15) is 5.75 Å². The first kappa shape index (κ1) is 17.6. The molecule has 22 heavy (non-hydrogen) atoms. The normalized spacial score (nSPS) is 19.1. The summed E-state index contributed by atoms with van der Waals surface area (Å²) in [6.45, 7) is 17.0. The van der Waals surface area contributed by atoms with Crippen LogP contribution in [0.2, 0.25) is 18.1 Å². The van der Waals surface area contributed by atoms with Gasteiger partial charge in [-0.3, -0.25) is 0 Å². The van der Waals surface area contributed by atoms with Gasteiger partial charge in [0.05, 0.1) is 0 Å². The Morgan fingerprint density at radius 3 is 2.00 bits per heavy atom. The van der Waals surface area contributed by atoms with Crippen LogP contribution in [-0.4, -0.2) is 28.6 Å². The molecule has 0 amide bonds. The second kappa shape index (κ2) is 6.02. The molecule has 1 aliphatic heterocycles. The van der Waals surface area contributed by atoms with Crippen molar-refractivity contribution >= 4 is 20.9 Å². The molecular formula is C17H29BO3Si. The summed E-state index contributed by atoms with van der Waals surface area (Å²) >= 11 is 0. The van der Waals surface area contributed by atoms with Crippen LogP contribution in [0, 0.1) is 5.41 Å². The lowest BCUT2D eigenvalue weighted by Gasteiger charge is -2.36. The molecule has 0 saturated carbocycles. The van der Waals surface area contributed by atoms with Crippen molar-refractivity contribution in [2.45, 2.75) is 52.8 Å². The van der Waals surface area contributed by atoms with E-state index in [0.29, 0.717) is 0 Å². The summed E-state index contributed by atoms with van der Waals surface area (Å²) in [7, 11) is -2.04. The van der Waals surface area contributed by atoms with Crippen LogP contribution in [0.1, 0.15) is 34.6 Å². The molecule has 0 aliphatic carbocycles. The largest absolute Gasteiger partial charge is 0.544 e. The lowest BCUT2D eigenvalue weighted by atomic mass is 9.76. The zero-order valence-electron chi connectivity index (χ0n) is 15.0. The van der Waals surface area contributed by atoms with Crippen molar-refractivity contribution in [1.29, 1.82) is 0 Å². The zero-order valence-corrected chi connectivity index (χ0v) is 16.0. The van der Waals surface area contributed by atoms with E-state index >= 15 is 0 Å². The third-order valence-corrected chi connectivity index (χ3v) is 8.94. The molecule has 0 bridgehead atoms. The minimum atomic E-state index is -1.78. The molecule has 0 unspecified atom stereocenters. The molecule has 0 spiro atoms. The predicted molar refractivity (Wildman–Crippen MR) is 95.3 cm³/mol. The van der Waals surface area contributed by atoms with E-state index in [4.69, 9.17) is 13.7 Å². The van der Waals surface area contributed by atoms with Gasteiger partial charge in [0.15, 0.2) is 0 Å². The van der Waals surface area contributed by atoms with Crippen molar-refractivity contribution in [3.8, 4) is 5.75 Å². The van der Waals surface area contributed by atoms with Crippen LogP contribution in [0.25, 0.3) is 0 Å². The van der Waals surface area contributed by atoms with Crippen LogP contribution in [0.15, 0.2) is 24.3 Å². The Labute approximate surface area is 136 Å². The molecule has 0 aromatic heterocycles. The van der Waals surface area contributed by atoms with Gasteiger partial charge in [-0.2, -0.15) is 0 Å². The van der Waals surface area contributed by atoms with Crippen LogP contribution in [0.4, 0.5) is 0 Å². The van der Waals surface area contributed by atoms with Crippen molar-refractivity contribution < 1.29 is 13.7 Å². The molecule has 1 saturated heterocycles. The standard InChI is InChI=1S/C17H29BO3Si/c1-16(2,3)22(6,7)21-15-10-8-14(9-11-15)18-19-12-17(4,5)13-20-18/h8-11H,12-13H2,1-7H3. The highest BCUT2D eigenvalue weighted by Crippen LogP contribution is 2.37. The molecule has 122 valence electrons. The van der Waals surface area contributed by atoms with E-state index in [-0.39, 0.29) is 17.6 Å². The molecule has 1 fully saturated rings. The molecule has 1 aromatic rings. The average Bonchev–Trinajstić information content (AvgIpc) is 2.38.